The lowest BCUT2D eigenvalue weighted by Gasteiger charge is -2.34. The molecule has 0 radical (unpaired) electrons. The fraction of sp³-hybridized carbons (Fsp3) is 0.310. The van der Waals surface area contributed by atoms with E-state index in [9.17, 15) is 9.59 Å². The maximum atomic E-state index is 13.7. The zero-order valence-corrected chi connectivity index (χ0v) is 24.2. The predicted molar refractivity (Wildman–Crippen MR) is 156 cm³/mol. The van der Waals surface area contributed by atoms with E-state index in [4.69, 9.17) is 34.8 Å². The smallest absolute Gasteiger partial charge is 0.243 e. The number of hydrogen-bond acceptors (Lipinski definition) is 3. The summed E-state index contributed by atoms with van der Waals surface area (Å²) in [4.78, 5) is 28.9. The molecule has 0 saturated carbocycles. The summed E-state index contributed by atoms with van der Waals surface area (Å²) < 4.78 is 0. The van der Waals surface area contributed by atoms with Crippen LogP contribution in [-0.2, 0) is 28.3 Å². The van der Waals surface area contributed by atoms with Crippen LogP contribution in [0.3, 0.4) is 0 Å². The second-order valence-electron chi connectivity index (χ2n) is 9.82. The van der Waals surface area contributed by atoms with Gasteiger partial charge in [-0.15, -0.1) is 11.8 Å². The number of hydrogen-bond donors (Lipinski definition) is 1. The molecule has 0 heterocycles. The average molecular weight is 578 g/mol. The second kappa shape index (κ2) is 13.6. The molecule has 0 aliphatic heterocycles. The summed E-state index contributed by atoms with van der Waals surface area (Å²) in [7, 11) is 0. The Hall–Kier alpha value is -2.18. The van der Waals surface area contributed by atoms with Crippen molar-refractivity contribution in [3.63, 3.8) is 0 Å². The van der Waals surface area contributed by atoms with Gasteiger partial charge < -0.3 is 10.2 Å². The summed E-state index contributed by atoms with van der Waals surface area (Å²) >= 11 is 20.0. The van der Waals surface area contributed by atoms with E-state index in [1.165, 1.54) is 11.8 Å². The first-order chi connectivity index (χ1) is 17.5. The minimum Gasteiger partial charge on any atom is -0.350 e. The van der Waals surface area contributed by atoms with Crippen molar-refractivity contribution in [2.45, 2.75) is 51.1 Å². The summed E-state index contributed by atoms with van der Waals surface area (Å²) in [6.07, 6.45) is 0.392. The number of rotatable bonds is 10. The largest absolute Gasteiger partial charge is 0.350 e. The first-order valence-corrected chi connectivity index (χ1v) is 14.2. The van der Waals surface area contributed by atoms with E-state index in [2.05, 4.69) is 5.32 Å². The third kappa shape index (κ3) is 9.57. The number of amides is 2. The molecule has 37 heavy (non-hydrogen) atoms. The molecule has 3 aromatic rings. The van der Waals surface area contributed by atoms with E-state index in [1.54, 1.807) is 23.1 Å². The Kier molecular flexibility index (Phi) is 10.8. The molecular formula is C29H31Cl3N2O2S. The van der Waals surface area contributed by atoms with Crippen LogP contribution in [0, 0.1) is 0 Å². The Labute approximate surface area is 238 Å². The maximum Gasteiger partial charge on any atom is 0.243 e. The van der Waals surface area contributed by atoms with Crippen LogP contribution in [-0.4, -0.2) is 34.0 Å². The summed E-state index contributed by atoms with van der Waals surface area (Å²) in [6, 6.07) is 21.7. The van der Waals surface area contributed by atoms with Crippen molar-refractivity contribution in [1.82, 2.24) is 10.2 Å². The number of halogens is 3. The van der Waals surface area contributed by atoms with E-state index < -0.39 is 11.6 Å². The van der Waals surface area contributed by atoms with Crippen LogP contribution in [0.2, 0.25) is 15.1 Å². The summed E-state index contributed by atoms with van der Waals surface area (Å²) in [5, 5.41) is 4.78. The molecule has 0 aliphatic carbocycles. The fourth-order valence-electron chi connectivity index (χ4n) is 3.81. The standard InChI is InChI=1S/C29H31Cl3N2O2S/c1-29(2,3)33-28(36)26(15-20-8-5-4-6-9-20)34(17-21-10-7-11-23(30)14-21)27(35)19-37-18-22-12-13-24(31)16-25(22)32/h4-14,16,26H,15,17-19H2,1-3H3,(H,33,36)/t26-/m0/s1. The van der Waals surface area contributed by atoms with E-state index in [0.29, 0.717) is 27.2 Å². The van der Waals surface area contributed by atoms with E-state index in [-0.39, 0.29) is 24.1 Å². The molecule has 3 aromatic carbocycles. The SMILES string of the molecule is CC(C)(C)NC(=O)[C@H](Cc1ccccc1)N(Cc1cccc(Cl)c1)C(=O)CSCc1ccc(Cl)cc1Cl. The molecule has 1 atom stereocenters. The van der Waals surface area contributed by atoms with Crippen molar-refractivity contribution in [3.05, 3.63) is 105 Å². The molecule has 1 N–H and O–H groups in total. The van der Waals surface area contributed by atoms with Gasteiger partial charge in [0.05, 0.1) is 5.75 Å². The van der Waals surface area contributed by atoms with Gasteiger partial charge in [-0.2, -0.15) is 0 Å². The summed E-state index contributed by atoms with van der Waals surface area (Å²) in [5.74, 6) is 0.398. The van der Waals surface area contributed by atoms with Crippen LogP contribution >= 0.6 is 46.6 Å². The molecule has 0 unspecified atom stereocenters. The van der Waals surface area contributed by atoms with Gasteiger partial charge in [0.15, 0.2) is 0 Å². The first kappa shape index (κ1) is 29.4. The Balaban J connectivity index is 1.87. The van der Waals surface area contributed by atoms with Crippen molar-refractivity contribution < 1.29 is 9.59 Å². The van der Waals surface area contributed by atoms with Gasteiger partial charge in [0.1, 0.15) is 6.04 Å². The highest BCUT2D eigenvalue weighted by Gasteiger charge is 2.32. The van der Waals surface area contributed by atoms with Crippen molar-refractivity contribution in [3.8, 4) is 0 Å². The zero-order chi connectivity index (χ0) is 27.0. The highest BCUT2D eigenvalue weighted by atomic mass is 35.5. The Bertz CT molecular complexity index is 1220. The van der Waals surface area contributed by atoms with Gasteiger partial charge in [0, 0.05) is 39.3 Å². The van der Waals surface area contributed by atoms with E-state index >= 15 is 0 Å². The highest BCUT2D eigenvalue weighted by molar-refractivity contribution is 7.99. The monoisotopic (exact) mass is 576 g/mol. The normalized spacial score (nSPS) is 12.2. The van der Waals surface area contributed by atoms with Gasteiger partial charge in [-0.05, 0) is 61.7 Å². The lowest BCUT2D eigenvalue weighted by Crippen LogP contribution is -2.54. The third-order valence-electron chi connectivity index (χ3n) is 5.51. The molecule has 0 saturated heterocycles. The van der Waals surface area contributed by atoms with Crippen LogP contribution < -0.4 is 5.32 Å². The number of carbonyl (C=O) groups excluding carboxylic acids is 2. The van der Waals surface area contributed by atoms with E-state index in [0.717, 1.165) is 16.7 Å². The minimum absolute atomic E-state index is 0.139. The van der Waals surface area contributed by atoms with Gasteiger partial charge in [0.25, 0.3) is 0 Å². The lowest BCUT2D eigenvalue weighted by atomic mass is 10.0. The summed E-state index contributed by atoms with van der Waals surface area (Å²) in [6.45, 7) is 6.05. The van der Waals surface area contributed by atoms with Gasteiger partial charge in [-0.1, -0.05) is 83.3 Å². The van der Waals surface area contributed by atoms with Crippen LogP contribution in [0.15, 0.2) is 72.8 Å². The maximum absolute atomic E-state index is 13.7. The Morgan fingerprint density at radius 3 is 2.22 bits per heavy atom. The van der Waals surface area contributed by atoms with Crippen LogP contribution in [0.1, 0.15) is 37.5 Å². The molecule has 2 amide bonds. The fourth-order valence-corrected chi connectivity index (χ4v) is 5.49. The number of nitrogens with zero attached hydrogens (tertiary/aromatic N) is 1. The Morgan fingerprint density at radius 2 is 1.57 bits per heavy atom. The van der Waals surface area contributed by atoms with Crippen LogP contribution in [0.25, 0.3) is 0 Å². The van der Waals surface area contributed by atoms with Crippen molar-refractivity contribution in [2.75, 3.05) is 5.75 Å². The molecular weight excluding hydrogens is 547 g/mol. The molecule has 8 heteroatoms. The lowest BCUT2D eigenvalue weighted by molar-refractivity contribution is -0.140. The molecule has 0 fully saturated rings. The zero-order valence-electron chi connectivity index (χ0n) is 21.1. The van der Waals surface area contributed by atoms with E-state index in [1.807, 2.05) is 75.4 Å². The Morgan fingerprint density at radius 1 is 0.892 bits per heavy atom. The van der Waals surface area contributed by atoms with Crippen molar-refractivity contribution >= 4 is 58.4 Å². The van der Waals surface area contributed by atoms with Gasteiger partial charge in [-0.25, -0.2) is 0 Å². The second-order valence-corrected chi connectivity index (χ2v) is 12.1. The molecule has 0 aromatic heterocycles. The average Bonchev–Trinajstić information content (AvgIpc) is 2.82. The molecule has 196 valence electrons. The van der Waals surface area contributed by atoms with Crippen LogP contribution in [0.4, 0.5) is 0 Å². The number of benzene rings is 3. The van der Waals surface area contributed by atoms with Gasteiger partial charge in [0.2, 0.25) is 11.8 Å². The molecule has 0 aliphatic rings. The highest BCUT2D eigenvalue weighted by Crippen LogP contribution is 2.26. The molecule has 4 nitrogen and oxygen atoms in total. The molecule has 3 rings (SSSR count). The van der Waals surface area contributed by atoms with Gasteiger partial charge in [-0.3, -0.25) is 9.59 Å². The van der Waals surface area contributed by atoms with Crippen molar-refractivity contribution in [1.29, 1.82) is 0 Å². The summed E-state index contributed by atoms with van der Waals surface area (Å²) in [5.41, 5.74) is 2.28. The molecule has 0 spiro atoms. The number of thioether (sulfide) groups is 1. The molecule has 0 bridgehead atoms. The van der Waals surface area contributed by atoms with Crippen molar-refractivity contribution in [2.24, 2.45) is 0 Å². The quantitative estimate of drug-likeness (QED) is 0.272. The minimum atomic E-state index is -0.701. The number of nitrogens with one attached hydrogen (secondary N) is 1. The number of carbonyl (C=O) groups is 2. The van der Waals surface area contributed by atoms with Gasteiger partial charge >= 0.3 is 0 Å². The van der Waals surface area contributed by atoms with Crippen LogP contribution in [0.5, 0.6) is 0 Å². The first-order valence-electron chi connectivity index (χ1n) is 11.9. The predicted octanol–water partition coefficient (Wildman–Crippen LogP) is 7.43. The topological polar surface area (TPSA) is 49.4 Å². The third-order valence-corrected chi connectivity index (χ3v) is 7.30.